The molecule has 0 aliphatic heterocycles. The third-order valence-corrected chi connectivity index (χ3v) is 8.31. The van der Waals surface area contributed by atoms with Gasteiger partial charge in [0.05, 0.1) is 16.8 Å². The largest absolute Gasteiger partial charge is 0.325 e. The first-order valence-electron chi connectivity index (χ1n) is 11.5. The van der Waals surface area contributed by atoms with Gasteiger partial charge in [-0.15, -0.1) is 11.3 Å². The van der Waals surface area contributed by atoms with E-state index in [-0.39, 0.29) is 17.2 Å². The Morgan fingerprint density at radius 2 is 1.88 bits per heavy atom. The zero-order valence-corrected chi connectivity index (χ0v) is 21.2. The average Bonchev–Trinajstić information content (AvgIpc) is 3.17. The topological polar surface area (TPSA) is 64.0 Å². The van der Waals surface area contributed by atoms with E-state index in [4.69, 9.17) is 4.98 Å². The van der Waals surface area contributed by atoms with Crippen LogP contribution in [0.5, 0.6) is 0 Å². The number of aromatic nitrogens is 2. The number of benzene rings is 2. The first-order chi connectivity index (χ1) is 16.4. The van der Waals surface area contributed by atoms with Crippen molar-refractivity contribution in [3.8, 4) is 5.69 Å². The van der Waals surface area contributed by atoms with Crippen molar-refractivity contribution in [1.29, 1.82) is 0 Å². The molecule has 0 saturated carbocycles. The van der Waals surface area contributed by atoms with Crippen LogP contribution in [-0.4, -0.2) is 21.2 Å². The third-order valence-electron chi connectivity index (χ3n) is 6.19. The predicted molar refractivity (Wildman–Crippen MR) is 142 cm³/mol. The second-order valence-corrected chi connectivity index (χ2v) is 10.9. The van der Waals surface area contributed by atoms with Crippen LogP contribution in [0.15, 0.2) is 52.4 Å². The second-order valence-electron chi connectivity index (χ2n) is 8.92. The van der Waals surface area contributed by atoms with Crippen molar-refractivity contribution < 1.29 is 4.79 Å². The van der Waals surface area contributed by atoms with Gasteiger partial charge in [0.15, 0.2) is 5.16 Å². The van der Waals surface area contributed by atoms with Gasteiger partial charge >= 0.3 is 0 Å². The highest BCUT2D eigenvalue weighted by Crippen LogP contribution is 2.35. The number of thiophene rings is 1. The van der Waals surface area contributed by atoms with Crippen molar-refractivity contribution in [3.63, 3.8) is 0 Å². The summed E-state index contributed by atoms with van der Waals surface area (Å²) in [5.41, 5.74) is 5.98. The van der Waals surface area contributed by atoms with E-state index in [1.54, 1.807) is 15.9 Å². The molecule has 5 nitrogen and oxygen atoms in total. The van der Waals surface area contributed by atoms with E-state index in [1.165, 1.54) is 22.2 Å². The molecule has 0 unspecified atom stereocenters. The summed E-state index contributed by atoms with van der Waals surface area (Å²) in [5, 5.41) is 4.27. The molecule has 2 heterocycles. The standard InChI is InChI=1S/C27H27N3O2S2/c1-16-7-6-8-19(14-16)28-23(31)15-33-27-29-25-24(20-9-4-5-10-22(20)34-25)26(32)30(27)21-12-11-17(2)13-18(21)3/h6-8,11-14H,4-5,9-10,15H2,1-3H3,(H,28,31). The lowest BCUT2D eigenvalue weighted by molar-refractivity contribution is -0.113. The van der Waals surface area contributed by atoms with Crippen LogP contribution in [0.1, 0.15) is 40.0 Å². The number of fused-ring (bicyclic) bond motifs is 3. The van der Waals surface area contributed by atoms with Crippen LogP contribution in [0.4, 0.5) is 5.69 Å². The van der Waals surface area contributed by atoms with Gasteiger partial charge in [-0.2, -0.15) is 0 Å². The highest BCUT2D eigenvalue weighted by molar-refractivity contribution is 7.99. The van der Waals surface area contributed by atoms with Gasteiger partial charge < -0.3 is 5.32 Å². The quantitative estimate of drug-likeness (QED) is 0.277. The smallest absolute Gasteiger partial charge is 0.267 e. The van der Waals surface area contributed by atoms with E-state index in [0.717, 1.165) is 64.0 Å². The van der Waals surface area contributed by atoms with Crippen molar-refractivity contribution in [2.75, 3.05) is 11.1 Å². The fraction of sp³-hybridized carbons (Fsp3) is 0.296. The molecule has 2 aromatic carbocycles. The maximum absolute atomic E-state index is 13.9. The molecule has 0 saturated heterocycles. The van der Waals surface area contributed by atoms with Crippen LogP contribution in [0.3, 0.4) is 0 Å². The maximum atomic E-state index is 13.9. The number of aryl methyl sites for hydroxylation is 5. The number of nitrogens with one attached hydrogen (secondary N) is 1. The Balaban J connectivity index is 1.55. The number of amides is 1. The molecule has 0 atom stereocenters. The number of thioether (sulfide) groups is 1. The minimum absolute atomic E-state index is 0.0297. The highest BCUT2D eigenvalue weighted by Gasteiger charge is 2.23. The number of rotatable bonds is 5. The summed E-state index contributed by atoms with van der Waals surface area (Å²) in [6.45, 7) is 6.05. The van der Waals surface area contributed by atoms with Gasteiger partial charge in [0.25, 0.3) is 5.56 Å². The Kier molecular flexibility index (Phi) is 6.32. The molecule has 174 valence electrons. The van der Waals surface area contributed by atoms with Gasteiger partial charge in [-0.05, 0) is 81.3 Å². The molecular weight excluding hydrogens is 462 g/mol. The molecule has 4 aromatic rings. The van der Waals surface area contributed by atoms with Crippen molar-refractivity contribution in [2.24, 2.45) is 0 Å². The molecule has 0 fully saturated rings. The fourth-order valence-electron chi connectivity index (χ4n) is 4.60. The number of hydrogen-bond acceptors (Lipinski definition) is 5. The van der Waals surface area contributed by atoms with E-state index in [0.29, 0.717) is 5.16 Å². The number of anilines is 1. The number of hydrogen-bond donors (Lipinski definition) is 1. The normalized spacial score (nSPS) is 13.1. The van der Waals surface area contributed by atoms with Crippen LogP contribution < -0.4 is 10.9 Å². The van der Waals surface area contributed by atoms with Crippen LogP contribution in [0.2, 0.25) is 0 Å². The molecule has 0 bridgehead atoms. The van der Waals surface area contributed by atoms with Crippen LogP contribution in [0.25, 0.3) is 15.9 Å². The summed E-state index contributed by atoms with van der Waals surface area (Å²) in [7, 11) is 0. The molecule has 2 aromatic heterocycles. The van der Waals surface area contributed by atoms with Gasteiger partial charge in [-0.1, -0.05) is 41.6 Å². The number of carbonyl (C=O) groups is 1. The van der Waals surface area contributed by atoms with Crippen molar-refractivity contribution in [2.45, 2.75) is 51.6 Å². The lowest BCUT2D eigenvalue weighted by atomic mass is 9.97. The Morgan fingerprint density at radius 3 is 2.68 bits per heavy atom. The molecule has 1 amide bonds. The summed E-state index contributed by atoms with van der Waals surface area (Å²) < 4.78 is 1.71. The predicted octanol–water partition coefficient (Wildman–Crippen LogP) is 5.98. The van der Waals surface area contributed by atoms with Crippen molar-refractivity contribution >= 4 is 44.9 Å². The first-order valence-corrected chi connectivity index (χ1v) is 13.3. The Labute approximate surface area is 207 Å². The first kappa shape index (κ1) is 22.9. The third kappa shape index (κ3) is 4.42. The van der Waals surface area contributed by atoms with Gasteiger partial charge in [0.2, 0.25) is 5.91 Å². The molecule has 1 aliphatic rings. The molecule has 1 N–H and O–H groups in total. The fourth-order valence-corrected chi connectivity index (χ4v) is 6.71. The van der Waals surface area contributed by atoms with E-state index in [9.17, 15) is 9.59 Å². The van der Waals surface area contributed by atoms with Gasteiger partial charge in [-0.25, -0.2) is 4.98 Å². The monoisotopic (exact) mass is 489 g/mol. The zero-order valence-electron chi connectivity index (χ0n) is 19.6. The summed E-state index contributed by atoms with van der Waals surface area (Å²) in [6.07, 6.45) is 4.22. The minimum atomic E-state index is -0.123. The van der Waals surface area contributed by atoms with E-state index in [2.05, 4.69) is 11.4 Å². The molecule has 0 spiro atoms. The van der Waals surface area contributed by atoms with Crippen molar-refractivity contribution in [1.82, 2.24) is 9.55 Å². The highest BCUT2D eigenvalue weighted by atomic mass is 32.2. The molecule has 0 radical (unpaired) electrons. The summed E-state index contributed by atoms with van der Waals surface area (Å²) in [4.78, 5) is 33.6. The molecule has 7 heteroatoms. The Morgan fingerprint density at radius 1 is 1.09 bits per heavy atom. The van der Waals surface area contributed by atoms with Gasteiger partial charge in [0, 0.05) is 10.6 Å². The van der Waals surface area contributed by atoms with Crippen LogP contribution in [0, 0.1) is 20.8 Å². The SMILES string of the molecule is Cc1cccc(NC(=O)CSc2nc3sc4c(c3c(=O)n2-c2ccc(C)cc2C)CCCC4)c1. The minimum Gasteiger partial charge on any atom is -0.325 e. The molecule has 34 heavy (non-hydrogen) atoms. The van der Waals surface area contributed by atoms with Crippen LogP contribution in [-0.2, 0) is 17.6 Å². The van der Waals surface area contributed by atoms with E-state index >= 15 is 0 Å². The average molecular weight is 490 g/mol. The summed E-state index contributed by atoms with van der Waals surface area (Å²) in [6, 6.07) is 13.8. The summed E-state index contributed by atoms with van der Waals surface area (Å²) in [5.74, 6) is 0.0459. The lowest BCUT2D eigenvalue weighted by Crippen LogP contribution is -2.24. The zero-order chi connectivity index (χ0) is 23.8. The van der Waals surface area contributed by atoms with Crippen LogP contribution >= 0.6 is 23.1 Å². The molecule has 5 rings (SSSR count). The Bertz CT molecular complexity index is 1470. The van der Waals surface area contributed by atoms with E-state index in [1.807, 2.05) is 57.2 Å². The second kappa shape index (κ2) is 9.39. The Hall–Kier alpha value is -2.90. The molecule has 1 aliphatic carbocycles. The van der Waals surface area contributed by atoms with Gasteiger partial charge in [-0.3, -0.25) is 14.2 Å². The molecular formula is C27H27N3O2S2. The van der Waals surface area contributed by atoms with E-state index < -0.39 is 0 Å². The number of carbonyl (C=O) groups excluding carboxylic acids is 1. The number of nitrogens with zero attached hydrogens (tertiary/aromatic N) is 2. The maximum Gasteiger partial charge on any atom is 0.267 e. The summed E-state index contributed by atoms with van der Waals surface area (Å²) >= 11 is 2.95. The van der Waals surface area contributed by atoms with Crippen molar-refractivity contribution in [3.05, 3.63) is 79.9 Å². The lowest BCUT2D eigenvalue weighted by Gasteiger charge is -2.15. The van der Waals surface area contributed by atoms with Gasteiger partial charge in [0.1, 0.15) is 4.83 Å².